The van der Waals surface area contributed by atoms with Gasteiger partial charge in [-0.3, -0.25) is 0 Å². The van der Waals surface area contributed by atoms with Crippen molar-refractivity contribution in [3.63, 3.8) is 0 Å². The topological polar surface area (TPSA) is 72.0 Å². The van der Waals surface area contributed by atoms with E-state index in [2.05, 4.69) is 9.97 Å². The van der Waals surface area contributed by atoms with E-state index in [0.29, 0.717) is 10.9 Å². The maximum Gasteiger partial charge on any atom is 0.187 e. The van der Waals surface area contributed by atoms with Gasteiger partial charge in [0.05, 0.1) is 6.10 Å². The second kappa shape index (κ2) is 5.16. The number of aliphatic hydroxyl groups excluding tert-OH is 1. The fourth-order valence-corrected chi connectivity index (χ4v) is 1.43. The summed E-state index contributed by atoms with van der Waals surface area (Å²) >= 11 is 1.41. The van der Waals surface area contributed by atoms with Crippen LogP contribution in [-0.4, -0.2) is 33.5 Å². The van der Waals surface area contributed by atoms with E-state index in [0.717, 1.165) is 5.56 Å². The van der Waals surface area contributed by atoms with Crippen molar-refractivity contribution < 1.29 is 5.11 Å². The third-order valence-corrected chi connectivity index (χ3v) is 2.45. The Morgan fingerprint density at radius 1 is 1.54 bits per heavy atom. The molecule has 0 aromatic carbocycles. The van der Waals surface area contributed by atoms with E-state index in [1.807, 2.05) is 6.92 Å². The van der Waals surface area contributed by atoms with Gasteiger partial charge in [0, 0.05) is 24.7 Å². The van der Waals surface area contributed by atoms with E-state index >= 15 is 0 Å². The highest BCUT2D eigenvalue weighted by molar-refractivity contribution is 7.99. The van der Waals surface area contributed by atoms with Gasteiger partial charge in [-0.15, -0.1) is 0 Å². The molecule has 0 saturated heterocycles. The second-order valence-electron chi connectivity index (χ2n) is 2.74. The molecule has 72 valence electrons. The molecule has 5 heteroatoms. The first-order chi connectivity index (χ1) is 6.22. The fraction of sp³-hybridized carbons (Fsp3) is 0.500. The van der Waals surface area contributed by atoms with Crippen molar-refractivity contribution in [1.29, 1.82) is 0 Å². The van der Waals surface area contributed by atoms with Crippen molar-refractivity contribution in [2.75, 3.05) is 12.3 Å². The Morgan fingerprint density at radius 2 is 2.15 bits per heavy atom. The first-order valence-corrected chi connectivity index (χ1v) is 5.00. The number of hydrogen-bond donors (Lipinski definition) is 2. The molecule has 0 bridgehead atoms. The number of nitrogens with two attached hydrogens (primary N) is 1. The number of rotatable bonds is 4. The van der Waals surface area contributed by atoms with Crippen molar-refractivity contribution in [2.45, 2.75) is 18.2 Å². The van der Waals surface area contributed by atoms with Crippen LogP contribution in [-0.2, 0) is 0 Å². The highest BCUT2D eigenvalue weighted by Gasteiger charge is 2.03. The van der Waals surface area contributed by atoms with Gasteiger partial charge < -0.3 is 10.8 Å². The summed E-state index contributed by atoms with van der Waals surface area (Å²) in [5, 5.41) is 9.85. The summed E-state index contributed by atoms with van der Waals surface area (Å²) < 4.78 is 0. The Bertz CT molecular complexity index is 252. The van der Waals surface area contributed by atoms with Crippen LogP contribution in [0.1, 0.15) is 5.56 Å². The number of aromatic nitrogens is 2. The Balaban J connectivity index is 2.41. The number of hydrogen-bond acceptors (Lipinski definition) is 5. The molecule has 13 heavy (non-hydrogen) atoms. The van der Waals surface area contributed by atoms with E-state index in [1.165, 1.54) is 11.8 Å². The minimum absolute atomic E-state index is 0.277. The lowest BCUT2D eigenvalue weighted by Gasteiger charge is -2.05. The lowest BCUT2D eigenvalue weighted by molar-refractivity contribution is 0.208. The fourth-order valence-electron chi connectivity index (χ4n) is 0.694. The summed E-state index contributed by atoms with van der Waals surface area (Å²) in [7, 11) is 0. The molecule has 1 aromatic heterocycles. The van der Waals surface area contributed by atoms with E-state index in [-0.39, 0.29) is 6.54 Å². The van der Waals surface area contributed by atoms with Crippen molar-refractivity contribution >= 4 is 11.8 Å². The third kappa shape index (κ3) is 3.71. The Labute approximate surface area is 81.6 Å². The predicted octanol–water partition coefficient (Wildman–Crippen LogP) is 0.197. The minimum Gasteiger partial charge on any atom is -0.391 e. The van der Waals surface area contributed by atoms with Crippen molar-refractivity contribution in [1.82, 2.24) is 9.97 Å². The van der Waals surface area contributed by atoms with E-state index in [1.54, 1.807) is 12.4 Å². The second-order valence-corrected chi connectivity index (χ2v) is 3.73. The van der Waals surface area contributed by atoms with Crippen LogP contribution in [0.5, 0.6) is 0 Å². The third-order valence-electron chi connectivity index (χ3n) is 1.43. The van der Waals surface area contributed by atoms with Crippen molar-refractivity contribution in [3.8, 4) is 0 Å². The molecule has 3 N–H and O–H groups in total. The summed E-state index contributed by atoms with van der Waals surface area (Å²) in [6.07, 6.45) is 3.03. The van der Waals surface area contributed by atoms with Gasteiger partial charge in [-0.1, -0.05) is 11.8 Å². The standard InChI is InChI=1S/C8H13N3OS/c1-6-3-10-8(11-4-6)13-5-7(12)2-9/h3-4,7,12H,2,5,9H2,1H3. The SMILES string of the molecule is Cc1cnc(SCC(O)CN)nc1. The summed E-state index contributed by atoms with van der Waals surface area (Å²) in [6, 6.07) is 0. The largest absolute Gasteiger partial charge is 0.391 e. The Hall–Kier alpha value is -0.650. The van der Waals surface area contributed by atoms with Crippen LogP contribution in [0.25, 0.3) is 0 Å². The van der Waals surface area contributed by atoms with Gasteiger partial charge in [0.1, 0.15) is 0 Å². The number of aliphatic hydroxyl groups is 1. The lowest BCUT2D eigenvalue weighted by atomic mass is 10.4. The zero-order valence-corrected chi connectivity index (χ0v) is 8.29. The molecular formula is C8H13N3OS. The molecule has 0 aliphatic rings. The number of aryl methyl sites for hydroxylation is 1. The molecule has 1 unspecified atom stereocenters. The van der Waals surface area contributed by atoms with Crippen LogP contribution in [0.2, 0.25) is 0 Å². The molecule has 0 saturated carbocycles. The Morgan fingerprint density at radius 3 is 2.69 bits per heavy atom. The van der Waals surface area contributed by atoms with Gasteiger partial charge in [-0.05, 0) is 12.5 Å². The van der Waals surface area contributed by atoms with Crippen molar-refractivity contribution in [3.05, 3.63) is 18.0 Å². The molecule has 1 heterocycles. The quantitative estimate of drug-likeness (QED) is 0.535. The molecule has 0 radical (unpaired) electrons. The van der Waals surface area contributed by atoms with Gasteiger partial charge in [-0.2, -0.15) is 0 Å². The summed E-state index contributed by atoms with van der Waals surface area (Å²) in [5.74, 6) is 0.541. The Kier molecular flexibility index (Phi) is 4.14. The first-order valence-electron chi connectivity index (χ1n) is 4.02. The lowest BCUT2D eigenvalue weighted by Crippen LogP contribution is -2.21. The van der Waals surface area contributed by atoms with E-state index in [4.69, 9.17) is 5.73 Å². The maximum absolute atomic E-state index is 9.17. The van der Waals surface area contributed by atoms with Crippen LogP contribution in [0, 0.1) is 6.92 Å². The zero-order valence-electron chi connectivity index (χ0n) is 7.47. The summed E-state index contributed by atoms with van der Waals surface area (Å²) in [5.41, 5.74) is 6.29. The molecule has 1 atom stereocenters. The van der Waals surface area contributed by atoms with Crippen molar-refractivity contribution in [2.24, 2.45) is 5.73 Å². The first kappa shape index (κ1) is 10.4. The molecule has 1 aromatic rings. The number of nitrogens with zero attached hydrogens (tertiary/aromatic N) is 2. The average Bonchev–Trinajstić information content (AvgIpc) is 2.16. The number of thioether (sulfide) groups is 1. The van der Waals surface area contributed by atoms with E-state index < -0.39 is 6.10 Å². The normalized spacial score (nSPS) is 12.8. The summed E-state index contributed by atoms with van der Waals surface area (Å²) in [6.45, 7) is 2.21. The molecule has 0 aliphatic carbocycles. The van der Waals surface area contributed by atoms with Crippen LogP contribution < -0.4 is 5.73 Å². The smallest absolute Gasteiger partial charge is 0.187 e. The monoisotopic (exact) mass is 199 g/mol. The van der Waals surface area contributed by atoms with Gasteiger partial charge in [-0.25, -0.2) is 9.97 Å². The predicted molar refractivity (Wildman–Crippen MR) is 52.6 cm³/mol. The van der Waals surface area contributed by atoms with Gasteiger partial charge in [0.15, 0.2) is 5.16 Å². The van der Waals surface area contributed by atoms with Crippen LogP contribution in [0.3, 0.4) is 0 Å². The molecule has 4 nitrogen and oxygen atoms in total. The maximum atomic E-state index is 9.17. The minimum atomic E-state index is -0.477. The van der Waals surface area contributed by atoms with Gasteiger partial charge >= 0.3 is 0 Å². The molecule has 0 amide bonds. The molecule has 0 aliphatic heterocycles. The van der Waals surface area contributed by atoms with Crippen LogP contribution in [0.4, 0.5) is 0 Å². The molecule has 0 fully saturated rings. The van der Waals surface area contributed by atoms with Gasteiger partial charge in [0.25, 0.3) is 0 Å². The molecule has 1 rings (SSSR count). The average molecular weight is 199 g/mol. The van der Waals surface area contributed by atoms with Crippen LogP contribution in [0.15, 0.2) is 17.6 Å². The van der Waals surface area contributed by atoms with E-state index in [9.17, 15) is 5.11 Å². The zero-order chi connectivity index (χ0) is 9.68. The summed E-state index contributed by atoms with van der Waals surface area (Å²) in [4.78, 5) is 8.17. The van der Waals surface area contributed by atoms with Gasteiger partial charge in [0.2, 0.25) is 0 Å². The molecule has 0 spiro atoms. The molecular weight excluding hydrogens is 186 g/mol. The highest BCUT2D eigenvalue weighted by atomic mass is 32.2. The van der Waals surface area contributed by atoms with Crippen LogP contribution >= 0.6 is 11.8 Å². The highest BCUT2D eigenvalue weighted by Crippen LogP contribution is 2.12.